The maximum absolute atomic E-state index is 12.5. The molecule has 51 heavy (non-hydrogen) atoms. The molecular weight excluding hydrogens is 634 g/mol. The highest BCUT2D eigenvalue weighted by atomic mass is 16.3. The molecule has 6 nitrogen and oxygen atoms in total. The Kier molecular flexibility index (Phi) is 39.5. The summed E-state index contributed by atoms with van der Waals surface area (Å²) < 4.78 is 0. The molecule has 0 aromatic carbocycles. The van der Waals surface area contributed by atoms with E-state index in [0.29, 0.717) is 12.8 Å². The Morgan fingerprint density at radius 3 is 1.14 bits per heavy atom. The molecule has 0 heterocycles. The summed E-state index contributed by atoms with van der Waals surface area (Å²) in [4.78, 5) is 12.5. The predicted molar refractivity (Wildman–Crippen MR) is 219 cm³/mol. The fourth-order valence-corrected chi connectivity index (χ4v) is 7.11. The fraction of sp³-hybridized carbons (Fsp3) is 0.933. The first kappa shape index (κ1) is 50.1. The molecule has 0 aliphatic carbocycles. The Hall–Kier alpha value is -0.950. The Morgan fingerprint density at radius 1 is 0.471 bits per heavy atom. The predicted octanol–water partition coefficient (Wildman–Crippen LogP) is 11.8. The third-order valence-electron chi connectivity index (χ3n) is 10.7. The fourth-order valence-electron chi connectivity index (χ4n) is 7.11. The molecule has 0 bridgehead atoms. The van der Waals surface area contributed by atoms with Crippen LogP contribution in [0.2, 0.25) is 0 Å². The van der Waals surface area contributed by atoms with E-state index in [0.717, 1.165) is 38.5 Å². The first-order valence-electron chi connectivity index (χ1n) is 22.6. The van der Waals surface area contributed by atoms with Gasteiger partial charge >= 0.3 is 0 Å². The van der Waals surface area contributed by atoms with Gasteiger partial charge in [0, 0.05) is 0 Å². The lowest BCUT2D eigenvalue weighted by Crippen LogP contribution is -2.53. The van der Waals surface area contributed by atoms with Gasteiger partial charge in [-0.2, -0.15) is 0 Å². The molecule has 0 aromatic heterocycles. The van der Waals surface area contributed by atoms with Gasteiger partial charge in [-0.3, -0.25) is 4.79 Å². The van der Waals surface area contributed by atoms with Crippen LogP contribution < -0.4 is 5.32 Å². The molecule has 4 atom stereocenters. The maximum atomic E-state index is 12.5. The van der Waals surface area contributed by atoms with E-state index in [-0.39, 0.29) is 0 Å². The van der Waals surface area contributed by atoms with Gasteiger partial charge in [-0.25, -0.2) is 0 Å². The number of nitrogens with one attached hydrogen (secondary N) is 1. The zero-order valence-electron chi connectivity index (χ0n) is 34.1. The molecule has 0 fully saturated rings. The molecular formula is C45H89NO5. The number of allylic oxidation sites excluding steroid dienone is 2. The van der Waals surface area contributed by atoms with Crippen LogP contribution in [0.3, 0.4) is 0 Å². The van der Waals surface area contributed by atoms with Crippen molar-refractivity contribution in [1.29, 1.82) is 0 Å². The summed E-state index contributed by atoms with van der Waals surface area (Å²) in [7, 11) is 0. The standard InChI is InChI=1S/C45H89NO5/c1-3-5-7-9-11-13-14-15-16-17-18-19-20-21-22-23-24-25-26-27-28-29-30-31-33-35-37-39-43(49)45(51)46-41(40-47)44(50)42(48)38-36-34-32-12-10-8-6-4-2/h21-22,41-44,47-50H,3-20,23-40H2,1-2H3,(H,46,51)/b22-21-. The molecule has 0 saturated carbocycles. The van der Waals surface area contributed by atoms with Gasteiger partial charge in [0.05, 0.1) is 18.8 Å². The van der Waals surface area contributed by atoms with Gasteiger partial charge in [0.1, 0.15) is 12.2 Å². The maximum Gasteiger partial charge on any atom is 0.249 e. The third-order valence-corrected chi connectivity index (χ3v) is 10.7. The molecule has 0 aliphatic heterocycles. The second kappa shape index (κ2) is 40.2. The Bertz CT molecular complexity index is 731. The van der Waals surface area contributed by atoms with Crippen molar-refractivity contribution in [3.05, 3.63) is 12.2 Å². The highest BCUT2D eigenvalue weighted by Crippen LogP contribution is 2.16. The van der Waals surface area contributed by atoms with Crippen LogP contribution in [0, 0.1) is 0 Å². The molecule has 6 heteroatoms. The van der Waals surface area contributed by atoms with Crippen LogP contribution in [0.4, 0.5) is 0 Å². The summed E-state index contributed by atoms with van der Waals surface area (Å²) in [5.41, 5.74) is 0. The number of aliphatic hydroxyl groups excluding tert-OH is 4. The monoisotopic (exact) mass is 724 g/mol. The minimum Gasteiger partial charge on any atom is -0.394 e. The minimum absolute atomic E-state index is 0.371. The number of rotatable bonds is 41. The smallest absolute Gasteiger partial charge is 0.249 e. The van der Waals surface area contributed by atoms with Crippen LogP contribution in [-0.4, -0.2) is 57.3 Å². The highest BCUT2D eigenvalue weighted by Gasteiger charge is 2.28. The summed E-state index contributed by atoms with van der Waals surface area (Å²) in [6.45, 7) is 4.02. The SMILES string of the molecule is CCCCCCCCCCCCCC/C=C\CCCCCCCCCCCCCC(O)C(=O)NC(CO)C(O)C(O)CCCCCCCCCC. The van der Waals surface area contributed by atoms with E-state index in [1.54, 1.807) is 0 Å². The van der Waals surface area contributed by atoms with Gasteiger partial charge in [0.2, 0.25) is 5.91 Å². The van der Waals surface area contributed by atoms with E-state index >= 15 is 0 Å². The molecule has 1 amide bonds. The van der Waals surface area contributed by atoms with E-state index in [1.165, 1.54) is 173 Å². The van der Waals surface area contributed by atoms with Crippen molar-refractivity contribution in [1.82, 2.24) is 5.32 Å². The first-order chi connectivity index (χ1) is 25.0. The third kappa shape index (κ3) is 34.6. The number of carbonyl (C=O) groups is 1. The number of amides is 1. The first-order valence-corrected chi connectivity index (χ1v) is 22.6. The summed E-state index contributed by atoms with van der Waals surface area (Å²) in [5.74, 6) is -0.585. The van der Waals surface area contributed by atoms with Gasteiger partial charge in [-0.1, -0.05) is 212 Å². The van der Waals surface area contributed by atoms with E-state index in [9.17, 15) is 25.2 Å². The molecule has 0 spiro atoms. The Labute approximate surface area is 317 Å². The van der Waals surface area contributed by atoms with Crippen LogP contribution in [0.5, 0.6) is 0 Å². The van der Waals surface area contributed by atoms with Crippen molar-refractivity contribution in [3.8, 4) is 0 Å². The second-order valence-corrected chi connectivity index (χ2v) is 15.8. The van der Waals surface area contributed by atoms with Crippen LogP contribution in [0.15, 0.2) is 12.2 Å². The molecule has 0 aromatic rings. The topological polar surface area (TPSA) is 110 Å². The number of unbranched alkanes of at least 4 members (excludes halogenated alkanes) is 30. The average Bonchev–Trinajstić information content (AvgIpc) is 3.13. The largest absolute Gasteiger partial charge is 0.394 e. The average molecular weight is 724 g/mol. The van der Waals surface area contributed by atoms with Crippen molar-refractivity contribution in [2.75, 3.05) is 6.61 Å². The summed E-state index contributed by atoms with van der Waals surface area (Å²) >= 11 is 0. The number of hydrogen-bond acceptors (Lipinski definition) is 5. The van der Waals surface area contributed by atoms with E-state index in [1.807, 2.05) is 0 Å². The number of hydrogen-bond donors (Lipinski definition) is 5. The molecule has 5 N–H and O–H groups in total. The summed E-state index contributed by atoms with van der Waals surface area (Å²) in [6.07, 6.45) is 44.2. The van der Waals surface area contributed by atoms with Gasteiger partial charge in [-0.15, -0.1) is 0 Å². The van der Waals surface area contributed by atoms with Crippen molar-refractivity contribution in [2.45, 2.75) is 263 Å². The lowest BCUT2D eigenvalue weighted by molar-refractivity contribution is -0.132. The molecule has 0 aliphatic rings. The molecule has 0 radical (unpaired) electrons. The van der Waals surface area contributed by atoms with Crippen LogP contribution in [0.25, 0.3) is 0 Å². The van der Waals surface area contributed by atoms with Crippen LogP contribution in [0.1, 0.15) is 239 Å². The Balaban J connectivity index is 3.58. The lowest BCUT2D eigenvalue weighted by Gasteiger charge is -2.27. The molecule has 4 unspecified atom stereocenters. The quantitative estimate of drug-likeness (QED) is 0.0319. The molecule has 0 saturated heterocycles. The van der Waals surface area contributed by atoms with Gasteiger partial charge in [0.25, 0.3) is 0 Å². The normalized spacial score (nSPS) is 14.2. The zero-order chi connectivity index (χ0) is 37.5. The van der Waals surface area contributed by atoms with Crippen molar-refractivity contribution in [3.63, 3.8) is 0 Å². The van der Waals surface area contributed by atoms with Crippen LogP contribution >= 0.6 is 0 Å². The van der Waals surface area contributed by atoms with E-state index in [2.05, 4.69) is 31.3 Å². The number of carbonyl (C=O) groups excluding carboxylic acids is 1. The van der Waals surface area contributed by atoms with Gasteiger partial charge in [-0.05, 0) is 38.5 Å². The Morgan fingerprint density at radius 2 is 0.784 bits per heavy atom. The zero-order valence-corrected chi connectivity index (χ0v) is 34.1. The van der Waals surface area contributed by atoms with E-state index in [4.69, 9.17) is 0 Å². The van der Waals surface area contributed by atoms with Gasteiger partial charge < -0.3 is 25.7 Å². The molecule has 0 rings (SSSR count). The van der Waals surface area contributed by atoms with E-state index < -0.39 is 36.9 Å². The lowest BCUT2D eigenvalue weighted by atomic mass is 9.99. The van der Waals surface area contributed by atoms with Crippen molar-refractivity contribution in [2.24, 2.45) is 0 Å². The number of aliphatic hydroxyl groups is 4. The second-order valence-electron chi connectivity index (χ2n) is 15.8. The highest BCUT2D eigenvalue weighted by molar-refractivity contribution is 5.80. The van der Waals surface area contributed by atoms with Gasteiger partial charge in [0.15, 0.2) is 0 Å². The van der Waals surface area contributed by atoms with Crippen molar-refractivity contribution < 1.29 is 25.2 Å². The summed E-state index contributed by atoms with van der Waals surface area (Å²) in [5, 5.41) is 43.4. The van der Waals surface area contributed by atoms with Crippen molar-refractivity contribution >= 4 is 5.91 Å². The van der Waals surface area contributed by atoms with Crippen LogP contribution in [-0.2, 0) is 4.79 Å². The summed E-state index contributed by atoms with van der Waals surface area (Å²) in [6, 6.07) is -0.980. The minimum atomic E-state index is -1.25. The molecule has 304 valence electrons.